The molecule has 30 heavy (non-hydrogen) atoms. The fraction of sp³-hybridized carbons (Fsp3) is 0.850. The maximum Gasteiger partial charge on any atom is 0.410 e. The SMILES string of the molecule is COC(=O)CCN1CCN(CC2CN(CCC3CCN(C(=N)N)CC3)C(=O)O2)CC1. The van der Waals surface area contributed by atoms with Crippen LogP contribution in [0.5, 0.6) is 0 Å². The van der Waals surface area contributed by atoms with E-state index in [1.165, 1.54) is 7.11 Å². The topological polar surface area (TPSA) is 115 Å². The van der Waals surface area contributed by atoms with Crippen LogP contribution in [0.25, 0.3) is 0 Å². The van der Waals surface area contributed by atoms with Crippen molar-refractivity contribution in [3.63, 3.8) is 0 Å². The molecule has 3 aliphatic rings. The van der Waals surface area contributed by atoms with Crippen molar-refractivity contribution < 1.29 is 19.1 Å². The first-order valence-corrected chi connectivity index (χ1v) is 11.0. The van der Waals surface area contributed by atoms with Gasteiger partial charge in [-0.25, -0.2) is 4.79 Å². The Kier molecular flexibility index (Phi) is 8.15. The average molecular weight is 425 g/mol. The number of hydrogen-bond donors (Lipinski definition) is 2. The highest BCUT2D eigenvalue weighted by atomic mass is 16.6. The normalized spacial score (nSPS) is 24.2. The standard InChI is InChI=1S/C20H36N6O4/c1-29-18(27)5-6-23-10-12-24(13-11-23)14-17-15-26(20(28)30-17)9-4-16-2-7-25(8-3-16)19(21)22/h16-17H,2-15H2,1H3,(H3,21,22). The fourth-order valence-corrected chi connectivity index (χ4v) is 4.49. The van der Waals surface area contributed by atoms with E-state index in [0.717, 1.165) is 78.2 Å². The van der Waals surface area contributed by atoms with Crippen LogP contribution in [0.15, 0.2) is 0 Å². The number of rotatable bonds is 8. The molecule has 0 aliphatic carbocycles. The average Bonchev–Trinajstić information content (AvgIpc) is 3.10. The lowest BCUT2D eigenvalue weighted by molar-refractivity contribution is -0.141. The summed E-state index contributed by atoms with van der Waals surface area (Å²) in [6, 6.07) is 0. The van der Waals surface area contributed by atoms with Gasteiger partial charge in [0.25, 0.3) is 0 Å². The molecule has 1 atom stereocenters. The van der Waals surface area contributed by atoms with E-state index >= 15 is 0 Å². The van der Waals surface area contributed by atoms with Crippen LogP contribution in [-0.4, -0.2) is 116 Å². The second-order valence-corrected chi connectivity index (χ2v) is 8.52. The van der Waals surface area contributed by atoms with Crippen LogP contribution >= 0.6 is 0 Å². The number of ether oxygens (including phenoxy) is 2. The largest absolute Gasteiger partial charge is 0.469 e. The summed E-state index contributed by atoms with van der Waals surface area (Å²) >= 11 is 0. The lowest BCUT2D eigenvalue weighted by Crippen LogP contribution is -2.49. The molecule has 0 aromatic heterocycles. The number of cyclic esters (lactones) is 1. The molecule has 0 spiro atoms. The maximum atomic E-state index is 12.3. The van der Waals surface area contributed by atoms with Gasteiger partial charge in [0.15, 0.2) is 5.96 Å². The van der Waals surface area contributed by atoms with Crippen LogP contribution in [0.3, 0.4) is 0 Å². The number of nitrogens with one attached hydrogen (secondary N) is 1. The van der Waals surface area contributed by atoms with Gasteiger partial charge in [0.1, 0.15) is 6.10 Å². The Hall–Kier alpha value is -2.07. The van der Waals surface area contributed by atoms with Crippen molar-refractivity contribution in [1.29, 1.82) is 5.41 Å². The Labute approximate surface area is 178 Å². The second-order valence-electron chi connectivity index (χ2n) is 8.52. The molecule has 3 heterocycles. The zero-order valence-electron chi connectivity index (χ0n) is 18.1. The van der Waals surface area contributed by atoms with E-state index in [4.69, 9.17) is 20.6 Å². The van der Waals surface area contributed by atoms with Gasteiger partial charge in [-0.3, -0.25) is 15.1 Å². The molecular weight excluding hydrogens is 388 g/mol. The number of carbonyl (C=O) groups excluding carboxylic acids is 2. The summed E-state index contributed by atoms with van der Waals surface area (Å²) < 4.78 is 10.3. The summed E-state index contributed by atoms with van der Waals surface area (Å²) in [4.78, 5) is 31.9. The van der Waals surface area contributed by atoms with Gasteiger partial charge in [0.05, 0.1) is 20.1 Å². The molecule has 3 aliphatic heterocycles. The molecule has 0 bridgehead atoms. The smallest absolute Gasteiger partial charge is 0.410 e. The first-order valence-electron chi connectivity index (χ1n) is 11.0. The summed E-state index contributed by atoms with van der Waals surface area (Å²) in [6.07, 6.45) is 3.18. The molecule has 0 saturated carbocycles. The Bertz CT molecular complexity index is 602. The van der Waals surface area contributed by atoms with Crippen LogP contribution in [-0.2, 0) is 14.3 Å². The number of amides is 1. The zero-order chi connectivity index (χ0) is 21.5. The molecule has 3 rings (SSSR count). The van der Waals surface area contributed by atoms with Crippen LogP contribution in [0, 0.1) is 11.3 Å². The van der Waals surface area contributed by atoms with Crippen molar-refractivity contribution in [2.45, 2.75) is 31.8 Å². The van der Waals surface area contributed by atoms with E-state index in [9.17, 15) is 9.59 Å². The number of hydrogen-bond acceptors (Lipinski definition) is 7. The number of nitrogens with two attached hydrogens (primary N) is 1. The number of carbonyl (C=O) groups is 2. The summed E-state index contributed by atoms with van der Waals surface area (Å²) in [6.45, 7) is 8.24. The third kappa shape index (κ3) is 6.46. The van der Waals surface area contributed by atoms with Crippen molar-refractivity contribution in [1.82, 2.24) is 19.6 Å². The van der Waals surface area contributed by atoms with E-state index in [1.807, 2.05) is 9.80 Å². The maximum absolute atomic E-state index is 12.3. The molecule has 0 aromatic carbocycles. The van der Waals surface area contributed by atoms with Crippen molar-refractivity contribution >= 4 is 18.0 Å². The molecule has 1 unspecified atom stereocenters. The first kappa shape index (κ1) is 22.6. The van der Waals surface area contributed by atoms with E-state index in [-0.39, 0.29) is 24.1 Å². The number of methoxy groups -OCH3 is 1. The van der Waals surface area contributed by atoms with Gasteiger partial charge in [-0.05, 0) is 25.2 Å². The van der Waals surface area contributed by atoms with Crippen molar-refractivity contribution in [2.24, 2.45) is 11.7 Å². The Morgan fingerprint density at radius 3 is 2.43 bits per heavy atom. The second kappa shape index (κ2) is 10.8. The zero-order valence-corrected chi connectivity index (χ0v) is 18.1. The quantitative estimate of drug-likeness (QED) is 0.317. The molecule has 10 heteroatoms. The van der Waals surface area contributed by atoms with Crippen molar-refractivity contribution in [3.05, 3.63) is 0 Å². The van der Waals surface area contributed by atoms with Gasteiger partial charge in [-0.15, -0.1) is 0 Å². The number of guanidine groups is 1. The van der Waals surface area contributed by atoms with Crippen LogP contribution in [0.4, 0.5) is 4.79 Å². The summed E-state index contributed by atoms with van der Waals surface area (Å²) in [7, 11) is 1.42. The molecular formula is C20H36N6O4. The van der Waals surface area contributed by atoms with Gasteiger partial charge in [-0.1, -0.05) is 0 Å². The minimum atomic E-state index is -0.196. The molecule has 3 saturated heterocycles. The Morgan fingerprint density at radius 1 is 1.13 bits per heavy atom. The molecule has 170 valence electrons. The highest BCUT2D eigenvalue weighted by Gasteiger charge is 2.33. The minimum absolute atomic E-state index is 0.0707. The summed E-state index contributed by atoms with van der Waals surface area (Å²) in [5, 5.41) is 7.51. The van der Waals surface area contributed by atoms with Crippen molar-refractivity contribution in [2.75, 3.05) is 72.6 Å². The molecule has 10 nitrogen and oxygen atoms in total. The Balaban J connectivity index is 1.31. The molecule has 1 amide bonds. The fourth-order valence-electron chi connectivity index (χ4n) is 4.49. The van der Waals surface area contributed by atoms with Gasteiger partial charge >= 0.3 is 12.1 Å². The van der Waals surface area contributed by atoms with E-state index in [1.54, 1.807) is 0 Å². The molecule has 3 N–H and O–H groups in total. The highest BCUT2D eigenvalue weighted by molar-refractivity contribution is 5.74. The minimum Gasteiger partial charge on any atom is -0.469 e. The van der Waals surface area contributed by atoms with Gasteiger partial charge in [0, 0.05) is 58.9 Å². The van der Waals surface area contributed by atoms with Crippen molar-refractivity contribution in [3.8, 4) is 0 Å². The van der Waals surface area contributed by atoms with E-state index < -0.39 is 0 Å². The van der Waals surface area contributed by atoms with E-state index in [2.05, 4.69) is 9.80 Å². The Morgan fingerprint density at radius 2 is 1.80 bits per heavy atom. The number of piperidine rings is 1. The molecule has 3 fully saturated rings. The third-order valence-corrected chi connectivity index (χ3v) is 6.50. The number of esters is 1. The number of likely N-dealkylation sites (tertiary alicyclic amines) is 1. The monoisotopic (exact) mass is 424 g/mol. The highest BCUT2D eigenvalue weighted by Crippen LogP contribution is 2.22. The van der Waals surface area contributed by atoms with Crippen LogP contribution in [0.1, 0.15) is 25.7 Å². The lowest BCUT2D eigenvalue weighted by Gasteiger charge is -2.35. The summed E-state index contributed by atoms with van der Waals surface area (Å²) in [5.74, 6) is 0.564. The predicted octanol–water partition coefficient (Wildman–Crippen LogP) is -0.0165. The van der Waals surface area contributed by atoms with Crippen LogP contribution in [0.2, 0.25) is 0 Å². The molecule has 0 radical (unpaired) electrons. The van der Waals surface area contributed by atoms with E-state index in [0.29, 0.717) is 18.9 Å². The summed E-state index contributed by atoms with van der Waals surface area (Å²) in [5.41, 5.74) is 5.55. The number of piperazine rings is 1. The van der Waals surface area contributed by atoms with Gasteiger partial charge in [0.2, 0.25) is 0 Å². The van der Waals surface area contributed by atoms with Gasteiger partial charge in [-0.2, -0.15) is 0 Å². The first-order chi connectivity index (χ1) is 14.4. The third-order valence-electron chi connectivity index (χ3n) is 6.50. The van der Waals surface area contributed by atoms with Crippen LogP contribution < -0.4 is 5.73 Å². The predicted molar refractivity (Wildman–Crippen MR) is 112 cm³/mol. The molecule has 0 aromatic rings. The van der Waals surface area contributed by atoms with Gasteiger partial charge < -0.3 is 29.9 Å². The lowest BCUT2D eigenvalue weighted by atomic mass is 9.93. The number of nitrogens with zero attached hydrogens (tertiary/aromatic N) is 4.